The molecule has 1 saturated heterocycles. The SMILES string of the molecule is N#Cc1cnc(N2CCNCC2)nc1NCCS(=O)(=O)NCc1ccccc1. The van der Waals surface area contributed by atoms with E-state index in [9.17, 15) is 13.7 Å². The Balaban J connectivity index is 1.57. The lowest BCUT2D eigenvalue weighted by Gasteiger charge is -2.27. The van der Waals surface area contributed by atoms with Crippen molar-refractivity contribution >= 4 is 21.8 Å². The number of nitrogens with zero attached hydrogens (tertiary/aromatic N) is 4. The van der Waals surface area contributed by atoms with E-state index in [2.05, 4.69) is 25.3 Å². The maximum absolute atomic E-state index is 12.2. The molecule has 0 spiro atoms. The van der Waals surface area contributed by atoms with E-state index in [4.69, 9.17) is 0 Å². The number of aromatic nitrogens is 2. The predicted molar refractivity (Wildman–Crippen MR) is 107 cm³/mol. The minimum absolute atomic E-state index is 0.127. The Bertz CT molecular complexity index is 923. The molecule has 0 radical (unpaired) electrons. The third-order valence-electron chi connectivity index (χ3n) is 4.30. The van der Waals surface area contributed by atoms with Crippen LogP contribution in [0.3, 0.4) is 0 Å². The molecule has 1 aromatic carbocycles. The van der Waals surface area contributed by atoms with Gasteiger partial charge in [-0.25, -0.2) is 18.1 Å². The fraction of sp³-hybridized carbons (Fsp3) is 0.389. The van der Waals surface area contributed by atoms with Gasteiger partial charge in [0.15, 0.2) is 0 Å². The highest BCUT2D eigenvalue weighted by Crippen LogP contribution is 2.16. The van der Waals surface area contributed by atoms with Crippen molar-refractivity contribution in [3.63, 3.8) is 0 Å². The molecule has 0 saturated carbocycles. The van der Waals surface area contributed by atoms with Crippen LogP contribution in [0.5, 0.6) is 0 Å². The topological polar surface area (TPSA) is 123 Å². The third kappa shape index (κ3) is 5.63. The molecule has 1 fully saturated rings. The van der Waals surface area contributed by atoms with E-state index in [0.717, 1.165) is 31.7 Å². The summed E-state index contributed by atoms with van der Waals surface area (Å²) >= 11 is 0. The first-order valence-corrected chi connectivity index (χ1v) is 10.7. The van der Waals surface area contributed by atoms with Crippen LogP contribution in [0.2, 0.25) is 0 Å². The largest absolute Gasteiger partial charge is 0.368 e. The molecule has 10 heteroatoms. The molecule has 3 N–H and O–H groups in total. The molecule has 3 rings (SSSR count). The van der Waals surface area contributed by atoms with Crippen LogP contribution in [0.15, 0.2) is 36.5 Å². The van der Waals surface area contributed by atoms with Gasteiger partial charge in [-0.2, -0.15) is 10.2 Å². The van der Waals surface area contributed by atoms with Crippen LogP contribution in [-0.2, 0) is 16.6 Å². The molecule has 2 aromatic rings. The molecule has 0 amide bonds. The molecule has 2 heterocycles. The first-order chi connectivity index (χ1) is 13.6. The second-order valence-corrected chi connectivity index (χ2v) is 8.26. The summed E-state index contributed by atoms with van der Waals surface area (Å²) in [6.45, 7) is 3.63. The quantitative estimate of drug-likeness (QED) is 0.577. The number of nitrogens with one attached hydrogen (secondary N) is 3. The van der Waals surface area contributed by atoms with Gasteiger partial charge in [-0.1, -0.05) is 30.3 Å². The van der Waals surface area contributed by atoms with Crippen molar-refractivity contribution in [3.05, 3.63) is 47.7 Å². The van der Waals surface area contributed by atoms with Gasteiger partial charge in [-0.3, -0.25) is 0 Å². The number of benzene rings is 1. The highest BCUT2D eigenvalue weighted by molar-refractivity contribution is 7.89. The molecular formula is C18H23N7O2S. The van der Waals surface area contributed by atoms with Crippen LogP contribution in [0, 0.1) is 11.3 Å². The minimum Gasteiger partial charge on any atom is -0.368 e. The fourth-order valence-corrected chi connectivity index (χ4v) is 3.67. The molecular weight excluding hydrogens is 378 g/mol. The lowest BCUT2D eigenvalue weighted by Crippen LogP contribution is -2.44. The molecule has 28 heavy (non-hydrogen) atoms. The molecule has 0 unspecified atom stereocenters. The Labute approximate surface area is 164 Å². The number of rotatable bonds is 8. The van der Waals surface area contributed by atoms with Gasteiger partial charge in [0.05, 0.1) is 11.9 Å². The van der Waals surface area contributed by atoms with Crippen LogP contribution in [0.4, 0.5) is 11.8 Å². The van der Waals surface area contributed by atoms with E-state index in [1.807, 2.05) is 41.3 Å². The summed E-state index contributed by atoms with van der Waals surface area (Å²) in [5.74, 6) is 0.759. The van der Waals surface area contributed by atoms with Crippen molar-refractivity contribution in [1.29, 1.82) is 5.26 Å². The van der Waals surface area contributed by atoms with Gasteiger partial charge in [0.25, 0.3) is 0 Å². The summed E-state index contributed by atoms with van der Waals surface area (Å²) in [6, 6.07) is 11.4. The Morgan fingerprint density at radius 2 is 1.96 bits per heavy atom. The number of anilines is 2. The molecule has 1 aliphatic heterocycles. The maximum atomic E-state index is 12.2. The lowest BCUT2D eigenvalue weighted by atomic mass is 10.2. The predicted octanol–water partition coefficient (Wildman–Crippen LogP) is 0.289. The second kappa shape index (κ2) is 9.45. The number of hydrogen-bond acceptors (Lipinski definition) is 8. The Morgan fingerprint density at radius 1 is 1.21 bits per heavy atom. The first-order valence-electron chi connectivity index (χ1n) is 9.05. The zero-order valence-electron chi connectivity index (χ0n) is 15.4. The Hall–Kier alpha value is -2.74. The van der Waals surface area contributed by atoms with Crippen LogP contribution in [0.25, 0.3) is 0 Å². The van der Waals surface area contributed by atoms with Crippen LogP contribution in [-0.4, -0.2) is 56.9 Å². The van der Waals surface area contributed by atoms with Crippen LogP contribution < -0.4 is 20.3 Å². The molecule has 0 bridgehead atoms. The second-order valence-electron chi connectivity index (χ2n) is 6.33. The monoisotopic (exact) mass is 401 g/mol. The van der Waals surface area contributed by atoms with Gasteiger partial charge in [0.1, 0.15) is 17.5 Å². The van der Waals surface area contributed by atoms with Crippen LogP contribution in [0.1, 0.15) is 11.1 Å². The van der Waals surface area contributed by atoms with Crippen molar-refractivity contribution < 1.29 is 8.42 Å². The van der Waals surface area contributed by atoms with Gasteiger partial charge in [-0.05, 0) is 5.56 Å². The molecule has 148 valence electrons. The average Bonchev–Trinajstić information content (AvgIpc) is 2.73. The van der Waals surface area contributed by atoms with E-state index in [1.54, 1.807) is 0 Å². The molecule has 0 aliphatic carbocycles. The summed E-state index contributed by atoms with van der Waals surface area (Å²) < 4.78 is 27.0. The van der Waals surface area contributed by atoms with Crippen molar-refractivity contribution in [2.24, 2.45) is 0 Å². The normalized spacial score (nSPS) is 14.5. The zero-order valence-corrected chi connectivity index (χ0v) is 16.2. The summed E-state index contributed by atoms with van der Waals surface area (Å²) in [5.41, 5.74) is 1.18. The van der Waals surface area contributed by atoms with Crippen LogP contribution >= 0.6 is 0 Å². The summed E-state index contributed by atoms with van der Waals surface area (Å²) in [6.07, 6.45) is 1.47. The van der Waals surface area contributed by atoms with Gasteiger partial charge in [-0.15, -0.1) is 0 Å². The number of sulfonamides is 1. The fourth-order valence-electron chi connectivity index (χ4n) is 2.77. The molecule has 9 nitrogen and oxygen atoms in total. The van der Waals surface area contributed by atoms with Gasteiger partial charge < -0.3 is 15.5 Å². The highest BCUT2D eigenvalue weighted by atomic mass is 32.2. The summed E-state index contributed by atoms with van der Waals surface area (Å²) in [5, 5.41) is 15.5. The number of nitriles is 1. The van der Waals surface area contributed by atoms with Crippen molar-refractivity contribution in [3.8, 4) is 6.07 Å². The number of hydrogen-bond donors (Lipinski definition) is 3. The Morgan fingerprint density at radius 3 is 2.68 bits per heavy atom. The zero-order chi connectivity index (χ0) is 19.8. The molecule has 1 aromatic heterocycles. The van der Waals surface area contributed by atoms with E-state index in [0.29, 0.717) is 11.8 Å². The van der Waals surface area contributed by atoms with Crippen molar-refractivity contribution in [2.45, 2.75) is 6.54 Å². The Kier molecular flexibility index (Phi) is 6.76. The average molecular weight is 401 g/mol. The first kappa shape index (κ1) is 20.0. The van der Waals surface area contributed by atoms with Crippen molar-refractivity contribution in [2.75, 3.05) is 48.7 Å². The van der Waals surface area contributed by atoms with E-state index in [-0.39, 0.29) is 24.4 Å². The minimum atomic E-state index is -3.46. The molecule has 0 atom stereocenters. The smallest absolute Gasteiger partial charge is 0.227 e. The van der Waals surface area contributed by atoms with E-state index < -0.39 is 10.0 Å². The summed E-state index contributed by atoms with van der Waals surface area (Å²) in [4.78, 5) is 10.7. The molecule has 1 aliphatic rings. The highest BCUT2D eigenvalue weighted by Gasteiger charge is 2.16. The van der Waals surface area contributed by atoms with Gasteiger partial charge in [0, 0.05) is 39.3 Å². The van der Waals surface area contributed by atoms with E-state index in [1.165, 1.54) is 6.20 Å². The third-order valence-corrected chi connectivity index (χ3v) is 5.62. The van der Waals surface area contributed by atoms with E-state index >= 15 is 0 Å². The van der Waals surface area contributed by atoms with Crippen molar-refractivity contribution in [1.82, 2.24) is 20.0 Å². The number of piperazine rings is 1. The van der Waals surface area contributed by atoms with Gasteiger partial charge >= 0.3 is 0 Å². The van der Waals surface area contributed by atoms with Gasteiger partial charge in [0.2, 0.25) is 16.0 Å². The lowest BCUT2D eigenvalue weighted by molar-refractivity contribution is 0.579. The summed E-state index contributed by atoms with van der Waals surface area (Å²) in [7, 11) is -3.46. The standard InChI is InChI=1S/C18H23N7O2S/c19-12-16-14-22-18(25-9-6-20-7-10-25)24-17(16)21-8-11-28(26,27)23-13-15-4-2-1-3-5-15/h1-5,14,20,23H,6-11,13H2,(H,21,22,24). The maximum Gasteiger partial charge on any atom is 0.227 e.